The number of anilines is 1. The summed E-state index contributed by atoms with van der Waals surface area (Å²) in [5.74, 6) is -6.10. The second-order valence-electron chi connectivity index (χ2n) is 15.7. The van der Waals surface area contributed by atoms with Crippen molar-refractivity contribution in [2.75, 3.05) is 38.1 Å². The highest BCUT2D eigenvalue weighted by molar-refractivity contribution is 6.55. The Balaban J connectivity index is 1.65. The molecule has 3 rings (SSSR count). The van der Waals surface area contributed by atoms with E-state index in [4.69, 9.17) is 32.5 Å². The molecule has 0 aliphatic carbocycles. The first-order valence-corrected chi connectivity index (χ1v) is 19.3. The zero-order valence-electron chi connectivity index (χ0n) is 34.4. The number of amides is 5. The van der Waals surface area contributed by atoms with Crippen LogP contribution in [0.3, 0.4) is 0 Å². The number of rotatable bonds is 23. The molecule has 0 fully saturated rings. The van der Waals surface area contributed by atoms with Crippen LogP contribution in [-0.4, -0.2) is 138 Å². The number of imide groups is 1. The minimum atomic E-state index is -1.65. The van der Waals surface area contributed by atoms with Crippen LogP contribution in [0.4, 0.5) is 10.5 Å². The first kappa shape index (κ1) is 48.9. The molecule has 1 aromatic rings. The molecule has 0 bridgehead atoms. The zero-order valence-corrected chi connectivity index (χ0v) is 34.4. The number of carbonyl (C=O) groups excluding carboxylic acids is 6. The van der Waals surface area contributed by atoms with Gasteiger partial charge in [0.1, 0.15) is 30.5 Å². The van der Waals surface area contributed by atoms with Crippen LogP contribution in [-0.2, 0) is 49.6 Å². The highest BCUT2D eigenvalue weighted by Gasteiger charge is 2.38. The molecule has 0 saturated heterocycles. The molecule has 2 heterocycles. The van der Waals surface area contributed by atoms with Crippen molar-refractivity contribution in [1.82, 2.24) is 20.9 Å². The van der Waals surface area contributed by atoms with Crippen LogP contribution < -0.4 is 31.7 Å². The van der Waals surface area contributed by atoms with Crippen LogP contribution in [0.15, 0.2) is 42.2 Å². The smallest absolute Gasteiger partial charge is 0.371 e. The molecule has 9 N–H and O–H groups in total. The molecule has 1 aromatic carbocycles. The molecule has 21 heteroatoms. The van der Waals surface area contributed by atoms with E-state index in [9.17, 15) is 48.9 Å². The highest BCUT2D eigenvalue weighted by atomic mass is 16.7. The molecule has 0 saturated carbocycles. The van der Waals surface area contributed by atoms with Gasteiger partial charge in [0.15, 0.2) is 6.10 Å². The number of hydrogen-bond donors (Lipinski definition) is 8. The van der Waals surface area contributed by atoms with Crippen molar-refractivity contribution in [2.24, 2.45) is 11.1 Å². The van der Waals surface area contributed by atoms with Gasteiger partial charge in [-0.1, -0.05) is 6.07 Å². The number of carboxylic acids is 1. The maximum absolute atomic E-state index is 13.5. The monoisotopic (exact) mass is 842 g/mol. The summed E-state index contributed by atoms with van der Waals surface area (Å²) >= 11 is 0. The van der Waals surface area contributed by atoms with E-state index in [0.29, 0.717) is 23.3 Å². The summed E-state index contributed by atoms with van der Waals surface area (Å²) in [7, 11) is 5.09. The summed E-state index contributed by atoms with van der Waals surface area (Å²) in [6.45, 7) is 9.37. The Morgan fingerprint density at radius 1 is 0.950 bits per heavy atom. The Bertz CT molecular complexity index is 1780. The number of ether oxygens (including phenoxy) is 4. The largest absolute Gasteiger partial charge is 0.475 e. The lowest BCUT2D eigenvalue weighted by atomic mass is 9.93. The Kier molecular flexibility index (Phi) is 18.1. The van der Waals surface area contributed by atoms with E-state index in [1.807, 2.05) is 20.8 Å². The third-order valence-corrected chi connectivity index (χ3v) is 9.04. The van der Waals surface area contributed by atoms with Gasteiger partial charge in [-0.25, -0.2) is 4.79 Å². The summed E-state index contributed by atoms with van der Waals surface area (Å²) in [6.07, 6.45) is -0.764. The number of carbonyl (C=O) groups is 7. The van der Waals surface area contributed by atoms with Crippen LogP contribution in [0.2, 0.25) is 0 Å². The van der Waals surface area contributed by atoms with Crippen molar-refractivity contribution in [1.29, 1.82) is 0 Å². The zero-order chi connectivity index (χ0) is 44.8. The number of nitrogens with zero attached hydrogens (tertiary/aromatic N) is 1. The maximum Gasteiger partial charge on any atom is 0.371 e. The Morgan fingerprint density at radius 2 is 1.62 bits per heavy atom. The first-order chi connectivity index (χ1) is 28.1. The molecule has 5 amide bonds. The summed E-state index contributed by atoms with van der Waals surface area (Å²) in [5, 5.41) is 41.3. The number of benzene rings is 1. The van der Waals surface area contributed by atoms with E-state index in [2.05, 4.69) is 21.3 Å². The topological polar surface area (TPSA) is 294 Å². The predicted molar refractivity (Wildman–Crippen MR) is 214 cm³/mol. The van der Waals surface area contributed by atoms with Crippen molar-refractivity contribution in [2.45, 2.75) is 103 Å². The number of nitrogens with two attached hydrogens (primary N) is 1. The first-order valence-electron chi connectivity index (χ1n) is 19.3. The minimum absolute atomic E-state index is 0.0603. The average Bonchev–Trinajstić information content (AvgIpc) is 3.50. The second-order valence-corrected chi connectivity index (χ2v) is 15.7. The number of carboxylic acid groups (broad SMARTS) is 1. The molecule has 2 aliphatic rings. The van der Waals surface area contributed by atoms with Gasteiger partial charge in [-0.05, 0) is 84.1 Å². The maximum atomic E-state index is 13.5. The lowest BCUT2D eigenvalue weighted by Gasteiger charge is -2.31. The standard InChI is InChI=1S/C39H55BN6O14/c1-38(2,3)58-21-39(4,5)36(55)44-14-7-6-9-23(45-33(52)25(19-41)46-29(48)12-13-30(46)49)32(51)43-16-8-15-42-24-17-22(20-57-37(40)56)10-11-27(24)59-35-31(50)26(47)18-28(60-35)34(53)54/h10-13,17-18,23,25-26,31,35,42,47,50H,6-9,14-16,19-21,41H2,1-5H3,(H,43,51)(H,44,55)(H,45,52)(H,53,54)/t23-,25?,26?,31+,35?/m0/s1. The van der Waals surface area contributed by atoms with Crippen LogP contribution in [0, 0.1) is 5.41 Å². The fourth-order valence-corrected chi connectivity index (χ4v) is 5.66. The van der Waals surface area contributed by atoms with Crippen LogP contribution in [0.5, 0.6) is 5.75 Å². The normalized spacial score (nSPS) is 18.8. The van der Waals surface area contributed by atoms with Crippen molar-refractivity contribution in [3.63, 3.8) is 0 Å². The molecule has 2 radical (unpaired) electrons. The molecule has 328 valence electrons. The molecule has 2 aliphatic heterocycles. The fraction of sp³-hybridized carbons (Fsp3) is 0.564. The Labute approximate surface area is 349 Å². The van der Waals surface area contributed by atoms with Gasteiger partial charge in [-0.3, -0.25) is 33.7 Å². The van der Waals surface area contributed by atoms with E-state index in [0.717, 1.165) is 18.2 Å². The number of nitrogens with one attached hydrogen (secondary N) is 4. The highest BCUT2D eigenvalue weighted by Crippen LogP contribution is 2.30. The molecule has 5 atom stereocenters. The number of aliphatic hydroxyl groups is 2. The second kappa shape index (κ2) is 22.2. The molecule has 60 heavy (non-hydrogen) atoms. The average molecular weight is 843 g/mol. The van der Waals surface area contributed by atoms with E-state index in [-0.39, 0.29) is 63.0 Å². The Morgan fingerprint density at radius 3 is 2.23 bits per heavy atom. The third kappa shape index (κ3) is 14.9. The lowest BCUT2D eigenvalue weighted by molar-refractivity contribution is -0.172. The molecule has 0 spiro atoms. The number of unbranched alkanes of at least 4 members (excludes halogenated alkanes) is 1. The molecule has 20 nitrogen and oxygen atoms in total. The molecular weight excluding hydrogens is 787 g/mol. The van der Waals surface area contributed by atoms with Gasteiger partial charge in [-0.2, -0.15) is 0 Å². The summed E-state index contributed by atoms with van der Waals surface area (Å²) < 4.78 is 21.6. The minimum Gasteiger partial charge on any atom is -0.475 e. The van der Waals surface area contributed by atoms with Gasteiger partial charge in [0.05, 0.1) is 23.3 Å². The van der Waals surface area contributed by atoms with Crippen molar-refractivity contribution >= 4 is 54.9 Å². The Hall–Kier alpha value is -5.51. The van der Waals surface area contributed by atoms with Gasteiger partial charge in [0.2, 0.25) is 37.2 Å². The van der Waals surface area contributed by atoms with E-state index in [1.165, 1.54) is 18.2 Å². The van der Waals surface area contributed by atoms with E-state index >= 15 is 0 Å². The van der Waals surface area contributed by atoms with Gasteiger partial charge < -0.3 is 61.3 Å². The number of aliphatic hydroxyl groups excluding tert-OH is 2. The van der Waals surface area contributed by atoms with Gasteiger partial charge in [-0.15, -0.1) is 0 Å². The van der Waals surface area contributed by atoms with Crippen molar-refractivity contribution in [3.05, 3.63) is 47.7 Å². The molecule has 3 unspecified atom stereocenters. The van der Waals surface area contributed by atoms with Crippen molar-refractivity contribution < 1.29 is 67.8 Å². The third-order valence-electron chi connectivity index (χ3n) is 9.04. The van der Waals surface area contributed by atoms with E-state index in [1.54, 1.807) is 13.8 Å². The summed E-state index contributed by atoms with van der Waals surface area (Å²) in [6, 6.07) is 1.99. The van der Waals surface area contributed by atoms with Crippen molar-refractivity contribution in [3.8, 4) is 5.75 Å². The van der Waals surface area contributed by atoms with Gasteiger partial charge >= 0.3 is 5.97 Å². The molecular formula is C39H55BN6O14. The van der Waals surface area contributed by atoms with E-state index < -0.39 is 89.4 Å². The number of aliphatic carboxylic acids is 1. The number of hydrogen-bond acceptors (Lipinski definition) is 15. The van der Waals surface area contributed by atoms with Crippen LogP contribution in [0.25, 0.3) is 0 Å². The van der Waals surface area contributed by atoms with Crippen LogP contribution in [0.1, 0.15) is 65.9 Å². The van der Waals surface area contributed by atoms with Gasteiger partial charge in [0, 0.05) is 38.3 Å². The summed E-state index contributed by atoms with van der Waals surface area (Å²) in [5.41, 5.74) is 5.31. The fourth-order valence-electron chi connectivity index (χ4n) is 5.66. The summed E-state index contributed by atoms with van der Waals surface area (Å²) in [4.78, 5) is 87.7. The SMILES string of the molecule is [B]C(=O)OCc1ccc(OC2OC(C(=O)O)=CC(O)[C@H]2O)c(NCCCNC(=O)[C@H](CCCCNC(=O)C(C)(C)COC(C)(C)C)NC(=O)C(CN)N2C(=O)C=CC2=O)c1. The lowest BCUT2D eigenvalue weighted by Crippen LogP contribution is -2.57. The quantitative estimate of drug-likeness (QED) is 0.0399. The predicted octanol–water partition coefficient (Wildman–Crippen LogP) is -0.300. The van der Waals surface area contributed by atoms with Crippen LogP contribution >= 0.6 is 0 Å². The molecule has 0 aromatic heterocycles. The van der Waals surface area contributed by atoms with Gasteiger partial charge in [0.25, 0.3) is 18.1 Å².